The summed E-state index contributed by atoms with van der Waals surface area (Å²) in [6.45, 7) is 15.0. The molecule has 2 aromatic heterocycles. The first-order valence-corrected chi connectivity index (χ1v) is 9.05. The molecule has 7 heteroatoms. The minimum atomic E-state index is -0.645. The van der Waals surface area contributed by atoms with Crippen molar-refractivity contribution in [2.75, 3.05) is 4.90 Å². The van der Waals surface area contributed by atoms with E-state index in [1.807, 2.05) is 53.7 Å². The lowest BCUT2D eigenvalue weighted by Crippen LogP contribution is -2.38. The Labute approximate surface area is 158 Å². The van der Waals surface area contributed by atoms with Crippen LogP contribution in [0.25, 0.3) is 10.6 Å². The van der Waals surface area contributed by atoms with E-state index in [4.69, 9.17) is 9.47 Å². The monoisotopic (exact) mass is 375 g/mol. The molecule has 0 N–H and O–H groups in total. The van der Waals surface area contributed by atoms with Crippen molar-refractivity contribution in [3.63, 3.8) is 0 Å². The van der Waals surface area contributed by atoms with Gasteiger partial charge < -0.3 is 9.47 Å². The van der Waals surface area contributed by atoms with E-state index in [2.05, 4.69) is 16.5 Å². The molecule has 0 aromatic carbocycles. The predicted octanol–water partition coefficient (Wildman–Crippen LogP) is 5.23. The van der Waals surface area contributed by atoms with Gasteiger partial charge in [-0.1, -0.05) is 11.3 Å². The van der Waals surface area contributed by atoms with Gasteiger partial charge in [-0.05, 0) is 60.3 Å². The van der Waals surface area contributed by atoms with Gasteiger partial charge in [-0.15, -0.1) is 0 Å². The third-order valence-corrected chi connectivity index (χ3v) is 3.90. The summed E-state index contributed by atoms with van der Waals surface area (Å²) in [5, 5.41) is 1.30. The number of hydrogen-bond donors (Lipinski definition) is 0. The zero-order valence-electron chi connectivity index (χ0n) is 16.1. The lowest BCUT2D eigenvalue weighted by atomic mass is 10.2. The number of pyridine rings is 1. The largest absolute Gasteiger partial charge is 0.473 e. The fourth-order valence-corrected chi connectivity index (χ4v) is 2.93. The van der Waals surface area contributed by atoms with E-state index in [0.29, 0.717) is 5.00 Å². The minimum Gasteiger partial charge on any atom is -0.473 e. The highest BCUT2D eigenvalue weighted by Crippen LogP contribution is 2.34. The van der Waals surface area contributed by atoms with Crippen LogP contribution in [0, 0.1) is 0 Å². The summed E-state index contributed by atoms with van der Waals surface area (Å²) in [7, 11) is 0. The predicted molar refractivity (Wildman–Crippen MR) is 104 cm³/mol. The van der Waals surface area contributed by atoms with Crippen molar-refractivity contribution in [1.82, 2.24) is 9.97 Å². The summed E-state index contributed by atoms with van der Waals surface area (Å²) in [4.78, 5) is 22.6. The molecule has 0 saturated heterocycles. The lowest BCUT2D eigenvalue weighted by Gasteiger charge is -2.30. The van der Waals surface area contributed by atoms with Gasteiger partial charge in [0.05, 0.1) is 6.20 Å². The van der Waals surface area contributed by atoms with Crippen LogP contribution in [-0.4, -0.2) is 27.3 Å². The molecular formula is C19H25N3O3S. The molecule has 0 saturated carbocycles. The molecule has 2 aromatic rings. The zero-order chi connectivity index (χ0) is 19.5. The summed E-state index contributed by atoms with van der Waals surface area (Å²) < 4.78 is 11.3. The maximum atomic E-state index is 12.8. The fraction of sp³-hybridized carbons (Fsp3) is 0.421. The van der Waals surface area contributed by atoms with Gasteiger partial charge in [0, 0.05) is 18.0 Å². The van der Waals surface area contributed by atoms with Gasteiger partial charge in [0.1, 0.15) is 21.2 Å². The van der Waals surface area contributed by atoms with Gasteiger partial charge >= 0.3 is 6.09 Å². The summed E-state index contributed by atoms with van der Waals surface area (Å²) in [5.41, 5.74) is -0.280. The van der Waals surface area contributed by atoms with Crippen molar-refractivity contribution in [3.05, 3.63) is 43.2 Å². The minimum absolute atomic E-state index is 0.188. The number of carbonyl (C=O) groups excluding carboxylic acids is 1. The Bertz CT molecular complexity index is 745. The number of thiazole rings is 1. The number of aromatic nitrogens is 2. The number of nitrogens with zero attached hydrogens (tertiary/aromatic N) is 3. The Morgan fingerprint density at radius 1 is 1.12 bits per heavy atom. The first-order chi connectivity index (χ1) is 12.0. The molecular weight excluding hydrogens is 350 g/mol. The zero-order valence-corrected chi connectivity index (χ0v) is 16.9. The first-order valence-electron chi connectivity index (χ1n) is 8.23. The highest BCUT2D eigenvalue weighted by atomic mass is 32.1. The molecule has 0 radical (unpaired) electrons. The number of carbonyl (C=O) groups is 1. The first kappa shape index (κ1) is 19.9. The van der Waals surface area contributed by atoms with Crippen LogP contribution < -0.4 is 4.90 Å². The maximum absolute atomic E-state index is 12.8. The van der Waals surface area contributed by atoms with E-state index >= 15 is 0 Å². The third-order valence-electron chi connectivity index (χ3n) is 2.87. The Balaban J connectivity index is 2.36. The average molecular weight is 375 g/mol. The number of ether oxygens (including phenoxy) is 2. The van der Waals surface area contributed by atoms with E-state index in [9.17, 15) is 4.79 Å². The number of hydrogen-bond acceptors (Lipinski definition) is 6. The van der Waals surface area contributed by atoms with Crippen LogP contribution in [0.1, 0.15) is 41.5 Å². The molecule has 0 aliphatic heterocycles. The van der Waals surface area contributed by atoms with Crippen molar-refractivity contribution in [2.45, 2.75) is 52.7 Å². The molecule has 140 valence electrons. The standard InChI is InChI=1S/C19H25N3O3S/c1-13(24-18(2,3)4)22(17(23)25-19(5,6)7)15-12-21-16(26-15)14-9-8-10-20-11-14/h8-12H,1H2,2-7H3. The Hall–Kier alpha value is -2.41. The van der Waals surface area contributed by atoms with Crippen molar-refractivity contribution in [1.29, 1.82) is 0 Å². The summed E-state index contributed by atoms with van der Waals surface area (Å²) >= 11 is 1.34. The molecule has 0 aliphatic carbocycles. The molecule has 0 bridgehead atoms. The van der Waals surface area contributed by atoms with Gasteiger partial charge in [0.25, 0.3) is 0 Å². The molecule has 2 heterocycles. The van der Waals surface area contributed by atoms with Gasteiger partial charge in [0.2, 0.25) is 0 Å². The molecule has 6 nitrogen and oxygen atoms in total. The number of amides is 1. The Morgan fingerprint density at radius 2 is 1.77 bits per heavy atom. The highest BCUT2D eigenvalue weighted by molar-refractivity contribution is 7.19. The van der Waals surface area contributed by atoms with E-state index in [1.54, 1.807) is 18.6 Å². The average Bonchev–Trinajstić information content (AvgIpc) is 2.94. The normalized spacial score (nSPS) is 11.8. The smallest absolute Gasteiger partial charge is 0.422 e. The lowest BCUT2D eigenvalue weighted by molar-refractivity contribution is 0.0349. The van der Waals surface area contributed by atoms with Crippen LogP contribution in [0.15, 0.2) is 43.2 Å². The van der Waals surface area contributed by atoms with Crippen molar-refractivity contribution in [2.24, 2.45) is 0 Å². The van der Waals surface area contributed by atoms with Crippen LogP contribution >= 0.6 is 11.3 Å². The van der Waals surface area contributed by atoms with Crippen LogP contribution in [0.5, 0.6) is 0 Å². The van der Waals surface area contributed by atoms with Gasteiger partial charge in [0.15, 0.2) is 5.88 Å². The van der Waals surface area contributed by atoms with Gasteiger partial charge in [-0.3, -0.25) is 4.98 Å². The van der Waals surface area contributed by atoms with E-state index in [1.165, 1.54) is 16.2 Å². The Kier molecular flexibility index (Phi) is 5.71. The van der Waals surface area contributed by atoms with Gasteiger partial charge in [-0.25, -0.2) is 14.7 Å². The molecule has 0 fully saturated rings. The van der Waals surface area contributed by atoms with Crippen LogP contribution in [0.2, 0.25) is 0 Å². The van der Waals surface area contributed by atoms with E-state index in [0.717, 1.165) is 10.6 Å². The maximum Gasteiger partial charge on any atom is 0.422 e. The second-order valence-corrected chi connectivity index (χ2v) is 8.68. The Morgan fingerprint density at radius 3 is 2.31 bits per heavy atom. The molecule has 0 aliphatic rings. The van der Waals surface area contributed by atoms with Crippen LogP contribution in [0.4, 0.5) is 9.80 Å². The van der Waals surface area contributed by atoms with Crippen LogP contribution in [0.3, 0.4) is 0 Å². The molecule has 0 unspecified atom stereocenters. The van der Waals surface area contributed by atoms with E-state index in [-0.39, 0.29) is 5.88 Å². The van der Waals surface area contributed by atoms with Crippen molar-refractivity contribution >= 4 is 22.4 Å². The second-order valence-electron chi connectivity index (χ2n) is 7.67. The molecule has 0 atom stereocenters. The van der Waals surface area contributed by atoms with Crippen LogP contribution in [-0.2, 0) is 9.47 Å². The molecule has 0 spiro atoms. The number of anilines is 1. The highest BCUT2D eigenvalue weighted by Gasteiger charge is 2.30. The SMILES string of the molecule is C=C(OC(C)(C)C)N(C(=O)OC(C)(C)C)c1cnc(-c2cccnc2)s1. The fourth-order valence-electron chi connectivity index (χ4n) is 2.01. The summed E-state index contributed by atoms with van der Waals surface area (Å²) in [6.07, 6.45) is 4.46. The molecule has 26 heavy (non-hydrogen) atoms. The molecule has 1 amide bonds. The summed E-state index contributed by atoms with van der Waals surface area (Å²) in [6, 6.07) is 3.75. The third kappa shape index (κ3) is 5.56. The van der Waals surface area contributed by atoms with Crippen molar-refractivity contribution in [3.8, 4) is 10.6 Å². The second kappa shape index (κ2) is 7.45. The number of rotatable bonds is 4. The molecule has 2 rings (SSSR count). The van der Waals surface area contributed by atoms with Crippen molar-refractivity contribution < 1.29 is 14.3 Å². The van der Waals surface area contributed by atoms with E-state index < -0.39 is 17.3 Å². The summed E-state index contributed by atoms with van der Waals surface area (Å²) in [5.74, 6) is 0.188. The topological polar surface area (TPSA) is 64.5 Å². The van der Waals surface area contributed by atoms with Gasteiger partial charge in [-0.2, -0.15) is 0 Å². The quantitative estimate of drug-likeness (QED) is 0.684.